The molecule has 0 aliphatic rings. The molecular weight excluding hydrogens is 262 g/mol. The van der Waals surface area contributed by atoms with E-state index in [1.54, 1.807) is 0 Å². The second-order valence-corrected chi connectivity index (χ2v) is 3.48. The minimum absolute atomic E-state index is 0.253. The van der Waals surface area contributed by atoms with E-state index >= 15 is 0 Å². The highest BCUT2D eigenvalue weighted by atomic mass is 19.1. The zero-order valence-electron chi connectivity index (χ0n) is 9.18. The van der Waals surface area contributed by atoms with Gasteiger partial charge in [0.2, 0.25) is 5.82 Å². The molecule has 9 heteroatoms. The van der Waals surface area contributed by atoms with Crippen LogP contribution in [0.5, 0.6) is 0 Å². The first-order chi connectivity index (χ1) is 8.99. The molecule has 2 aromatic rings. The maximum atomic E-state index is 13.5. The van der Waals surface area contributed by atoms with Gasteiger partial charge in [0.25, 0.3) is 5.91 Å². The minimum atomic E-state index is -1.29. The van der Waals surface area contributed by atoms with Gasteiger partial charge in [0.15, 0.2) is 0 Å². The number of nitro groups is 1. The highest BCUT2D eigenvalue weighted by molar-refractivity contribution is 6.04. The lowest BCUT2D eigenvalue weighted by molar-refractivity contribution is -0.387. The fourth-order valence-corrected chi connectivity index (χ4v) is 1.37. The van der Waals surface area contributed by atoms with Crippen LogP contribution in [0.2, 0.25) is 0 Å². The average Bonchev–Trinajstić information content (AvgIpc) is 2.83. The van der Waals surface area contributed by atoms with Crippen molar-refractivity contribution in [1.29, 1.82) is 0 Å². The summed E-state index contributed by atoms with van der Waals surface area (Å²) in [5, 5.41) is 18.6. The number of anilines is 1. The van der Waals surface area contributed by atoms with Gasteiger partial charge in [0, 0.05) is 6.20 Å². The van der Waals surface area contributed by atoms with Gasteiger partial charge in [-0.25, -0.2) is 4.39 Å². The molecule has 19 heavy (non-hydrogen) atoms. The van der Waals surface area contributed by atoms with Gasteiger partial charge in [0.1, 0.15) is 5.82 Å². The number of H-pyrrole nitrogens is 1. The Kier molecular flexibility index (Phi) is 3.19. The lowest BCUT2D eigenvalue weighted by Gasteiger charge is -2.04. The fraction of sp³-hybridized carbons (Fsp3) is 0. The van der Waals surface area contributed by atoms with E-state index < -0.39 is 33.7 Å². The summed E-state index contributed by atoms with van der Waals surface area (Å²) in [6, 6.07) is 0.836. The van der Waals surface area contributed by atoms with Crippen LogP contribution in [-0.4, -0.2) is 21.0 Å². The highest BCUT2D eigenvalue weighted by Gasteiger charge is 2.22. The summed E-state index contributed by atoms with van der Waals surface area (Å²) in [5.41, 5.74) is -1.41. The Morgan fingerprint density at radius 3 is 2.68 bits per heavy atom. The summed E-state index contributed by atoms with van der Waals surface area (Å²) in [6.45, 7) is 0. The molecule has 1 amide bonds. The smallest absolute Gasteiger partial charge is 0.307 e. The molecule has 0 saturated carbocycles. The Balaban J connectivity index is 2.32. The third kappa shape index (κ3) is 2.54. The van der Waals surface area contributed by atoms with Crippen LogP contribution >= 0.6 is 0 Å². The van der Waals surface area contributed by atoms with Crippen LogP contribution in [0.1, 0.15) is 10.4 Å². The van der Waals surface area contributed by atoms with E-state index in [1.165, 1.54) is 12.4 Å². The Labute approximate surface area is 104 Å². The summed E-state index contributed by atoms with van der Waals surface area (Å²) >= 11 is 0. The predicted octanol–water partition coefficient (Wildman–Crippen LogP) is 1.85. The summed E-state index contributed by atoms with van der Waals surface area (Å²) in [4.78, 5) is 21.0. The van der Waals surface area contributed by atoms with Crippen LogP contribution in [0.15, 0.2) is 24.5 Å². The second-order valence-electron chi connectivity index (χ2n) is 3.48. The number of carbonyl (C=O) groups is 1. The molecule has 0 bridgehead atoms. The Bertz CT molecular complexity index is 642. The van der Waals surface area contributed by atoms with Crippen molar-refractivity contribution in [3.05, 3.63) is 51.8 Å². The van der Waals surface area contributed by atoms with Gasteiger partial charge in [0.05, 0.1) is 28.4 Å². The summed E-state index contributed by atoms with van der Waals surface area (Å²) in [7, 11) is 0. The van der Waals surface area contributed by atoms with E-state index in [9.17, 15) is 23.7 Å². The van der Waals surface area contributed by atoms with Crippen LogP contribution in [-0.2, 0) is 0 Å². The molecule has 7 nitrogen and oxygen atoms in total. The number of nitro benzene ring substituents is 1. The number of hydrogen-bond acceptors (Lipinski definition) is 4. The van der Waals surface area contributed by atoms with Crippen molar-refractivity contribution >= 4 is 17.3 Å². The molecule has 0 radical (unpaired) electrons. The van der Waals surface area contributed by atoms with Gasteiger partial charge >= 0.3 is 5.69 Å². The van der Waals surface area contributed by atoms with Gasteiger partial charge in [-0.1, -0.05) is 0 Å². The molecule has 2 N–H and O–H groups in total. The summed E-state index contributed by atoms with van der Waals surface area (Å²) in [6.07, 6.45) is 2.59. The predicted molar refractivity (Wildman–Crippen MR) is 59.6 cm³/mol. The molecule has 1 aromatic heterocycles. The van der Waals surface area contributed by atoms with Gasteiger partial charge in [-0.2, -0.15) is 9.49 Å². The van der Waals surface area contributed by atoms with Gasteiger partial charge in [-0.3, -0.25) is 20.0 Å². The van der Waals surface area contributed by atoms with E-state index in [2.05, 4.69) is 15.5 Å². The first-order valence-corrected chi connectivity index (χ1v) is 4.92. The largest absolute Gasteiger partial charge is 0.319 e. The molecule has 0 atom stereocenters. The average molecular weight is 268 g/mol. The van der Waals surface area contributed by atoms with E-state index in [0.29, 0.717) is 12.1 Å². The summed E-state index contributed by atoms with van der Waals surface area (Å²) in [5.74, 6) is -3.41. The van der Waals surface area contributed by atoms with Crippen molar-refractivity contribution in [2.24, 2.45) is 0 Å². The van der Waals surface area contributed by atoms with Crippen LogP contribution in [0.3, 0.4) is 0 Å². The zero-order valence-corrected chi connectivity index (χ0v) is 9.18. The van der Waals surface area contributed by atoms with Gasteiger partial charge < -0.3 is 5.32 Å². The lowest BCUT2D eigenvalue weighted by Crippen LogP contribution is -2.14. The van der Waals surface area contributed by atoms with E-state index in [1.807, 2.05) is 0 Å². The molecule has 0 unspecified atom stereocenters. The van der Waals surface area contributed by atoms with Crippen molar-refractivity contribution < 1.29 is 18.5 Å². The quantitative estimate of drug-likeness (QED) is 0.655. The second kappa shape index (κ2) is 4.80. The molecule has 1 heterocycles. The number of aromatic amines is 1. The number of rotatable bonds is 3. The number of amides is 1. The molecule has 2 rings (SSSR count). The SMILES string of the molecule is O=C(Nc1cn[nH]c1)c1cc(F)c([N+](=O)[O-])cc1F. The van der Waals surface area contributed by atoms with Crippen molar-refractivity contribution in [3.63, 3.8) is 0 Å². The first-order valence-electron chi connectivity index (χ1n) is 4.92. The number of hydrogen-bond donors (Lipinski definition) is 2. The first kappa shape index (κ1) is 12.6. The van der Waals surface area contributed by atoms with Crippen LogP contribution in [0.25, 0.3) is 0 Å². The van der Waals surface area contributed by atoms with Crippen molar-refractivity contribution in [2.75, 3.05) is 5.32 Å². The molecule has 0 fully saturated rings. The minimum Gasteiger partial charge on any atom is -0.319 e. The van der Waals surface area contributed by atoms with Crippen molar-refractivity contribution in [2.45, 2.75) is 0 Å². The third-order valence-corrected chi connectivity index (χ3v) is 2.23. The van der Waals surface area contributed by atoms with Crippen molar-refractivity contribution in [1.82, 2.24) is 10.2 Å². The van der Waals surface area contributed by atoms with E-state index in [0.717, 1.165) is 0 Å². The zero-order chi connectivity index (χ0) is 14.0. The van der Waals surface area contributed by atoms with Crippen LogP contribution < -0.4 is 5.32 Å². The standard InChI is InChI=1S/C10H6F2N4O3/c11-7-2-9(16(18)19)8(12)1-6(7)10(17)15-5-3-13-14-4-5/h1-4H,(H,13,14)(H,15,17). The number of halogens is 2. The van der Waals surface area contributed by atoms with Gasteiger partial charge in [-0.05, 0) is 6.07 Å². The molecule has 0 aliphatic heterocycles. The van der Waals surface area contributed by atoms with E-state index in [-0.39, 0.29) is 5.69 Å². The number of carbonyl (C=O) groups excluding carboxylic acids is 1. The number of nitrogens with zero attached hydrogens (tertiary/aromatic N) is 2. The van der Waals surface area contributed by atoms with E-state index in [4.69, 9.17) is 0 Å². The van der Waals surface area contributed by atoms with Crippen LogP contribution in [0, 0.1) is 21.7 Å². The Morgan fingerprint density at radius 2 is 2.11 bits per heavy atom. The summed E-state index contributed by atoms with van der Waals surface area (Å²) < 4.78 is 26.8. The molecule has 98 valence electrons. The maximum Gasteiger partial charge on any atom is 0.307 e. The lowest BCUT2D eigenvalue weighted by atomic mass is 10.1. The van der Waals surface area contributed by atoms with Gasteiger partial charge in [-0.15, -0.1) is 0 Å². The molecular formula is C10H6F2N4O3. The topological polar surface area (TPSA) is 101 Å². The number of benzene rings is 1. The molecule has 0 spiro atoms. The monoisotopic (exact) mass is 268 g/mol. The Hall–Kier alpha value is -2.84. The molecule has 0 aliphatic carbocycles. The maximum absolute atomic E-state index is 13.5. The Morgan fingerprint density at radius 1 is 1.37 bits per heavy atom. The number of aromatic nitrogens is 2. The number of nitrogens with one attached hydrogen (secondary N) is 2. The normalized spacial score (nSPS) is 10.2. The highest BCUT2D eigenvalue weighted by Crippen LogP contribution is 2.22. The molecule has 0 saturated heterocycles. The molecule has 1 aromatic carbocycles. The third-order valence-electron chi connectivity index (χ3n) is 2.23. The van der Waals surface area contributed by atoms with Crippen LogP contribution in [0.4, 0.5) is 20.2 Å². The van der Waals surface area contributed by atoms with Crippen molar-refractivity contribution in [3.8, 4) is 0 Å². The fourth-order valence-electron chi connectivity index (χ4n) is 1.37.